The van der Waals surface area contributed by atoms with E-state index in [9.17, 15) is 4.39 Å². The monoisotopic (exact) mass is 229 g/mol. The molecule has 0 radical (unpaired) electrons. The van der Waals surface area contributed by atoms with Crippen LogP contribution in [-0.4, -0.2) is 6.10 Å². The molecule has 0 aromatic heterocycles. The van der Waals surface area contributed by atoms with E-state index in [0.29, 0.717) is 16.3 Å². The summed E-state index contributed by atoms with van der Waals surface area (Å²) in [5, 5.41) is 0.305. The first kappa shape index (κ1) is 10.7. The van der Waals surface area contributed by atoms with Gasteiger partial charge in [0, 0.05) is 5.56 Å². The average Bonchev–Trinajstić information content (AvgIpc) is 2.47. The van der Waals surface area contributed by atoms with E-state index in [1.807, 2.05) is 0 Å². The first-order chi connectivity index (χ1) is 7.13. The number of fused-ring (bicyclic) bond motifs is 1. The highest BCUT2D eigenvalue weighted by atomic mass is 35.5. The van der Waals surface area contributed by atoms with Crippen molar-refractivity contribution in [2.45, 2.75) is 31.9 Å². The molecule has 1 aromatic rings. The molecule has 82 valence electrons. The largest absolute Gasteiger partial charge is 0.487 e. The molecule has 0 bridgehead atoms. The zero-order valence-corrected chi connectivity index (χ0v) is 9.22. The van der Waals surface area contributed by atoms with Crippen molar-refractivity contribution in [1.82, 2.24) is 0 Å². The SMILES string of the molecule is CCCC1Oc2c(Cl)cc(F)cc2C1N. The average molecular weight is 230 g/mol. The highest BCUT2D eigenvalue weighted by Gasteiger charge is 2.32. The maximum Gasteiger partial charge on any atom is 0.143 e. The van der Waals surface area contributed by atoms with Crippen LogP contribution in [0, 0.1) is 5.82 Å². The lowest BCUT2D eigenvalue weighted by molar-refractivity contribution is 0.195. The maximum atomic E-state index is 13.1. The van der Waals surface area contributed by atoms with Gasteiger partial charge in [-0.15, -0.1) is 0 Å². The van der Waals surface area contributed by atoms with E-state index in [4.69, 9.17) is 22.1 Å². The van der Waals surface area contributed by atoms with Crippen molar-refractivity contribution in [1.29, 1.82) is 0 Å². The summed E-state index contributed by atoms with van der Waals surface area (Å²) < 4.78 is 18.7. The topological polar surface area (TPSA) is 35.2 Å². The summed E-state index contributed by atoms with van der Waals surface area (Å²) in [6.07, 6.45) is 1.75. The van der Waals surface area contributed by atoms with Crippen LogP contribution in [0.5, 0.6) is 5.75 Å². The van der Waals surface area contributed by atoms with Crippen molar-refractivity contribution >= 4 is 11.6 Å². The Morgan fingerprint density at radius 2 is 2.27 bits per heavy atom. The minimum absolute atomic E-state index is 0.0794. The molecule has 1 aromatic carbocycles. The van der Waals surface area contributed by atoms with Crippen molar-refractivity contribution in [3.63, 3.8) is 0 Å². The molecule has 2 N–H and O–H groups in total. The van der Waals surface area contributed by atoms with Crippen LogP contribution in [0.2, 0.25) is 5.02 Å². The number of hydrogen-bond donors (Lipinski definition) is 1. The van der Waals surface area contributed by atoms with Gasteiger partial charge < -0.3 is 10.5 Å². The van der Waals surface area contributed by atoms with Gasteiger partial charge in [-0.1, -0.05) is 24.9 Å². The predicted octanol–water partition coefficient (Wildman–Crippen LogP) is 3.04. The van der Waals surface area contributed by atoms with Crippen LogP contribution >= 0.6 is 11.6 Å². The Labute approximate surface area is 93.2 Å². The van der Waals surface area contributed by atoms with Crippen molar-refractivity contribution < 1.29 is 9.13 Å². The van der Waals surface area contributed by atoms with Crippen LogP contribution in [0.25, 0.3) is 0 Å². The summed E-state index contributed by atoms with van der Waals surface area (Å²) in [6, 6.07) is 2.39. The molecule has 0 fully saturated rings. The first-order valence-corrected chi connectivity index (χ1v) is 5.42. The second-order valence-corrected chi connectivity index (χ2v) is 4.18. The summed E-state index contributed by atoms with van der Waals surface area (Å²) in [5.41, 5.74) is 6.64. The number of nitrogens with two attached hydrogens (primary N) is 1. The molecule has 1 heterocycles. The number of benzene rings is 1. The van der Waals surface area contributed by atoms with E-state index in [0.717, 1.165) is 12.8 Å². The van der Waals surface area contributed by atoms with Gasteiger partial charge in [0.05, 0.1) is 11.1 Å². The van der Waals surface area contributed by atoms with Gasteiger partial charge in [0.1, 0.15) is 17.7 Å². The van der Waals surface area contributed by atoms with Crippen LogP contribution in [0.1, 0.15) is 31.4 Å². The third-order valence-corrected chi connectivity index (χ3v) is 2.92. The normalized spacial score (nSPS) is 23.7. The third-order valence-electron chi connectivity index (χ3n) is 2.64. The summed E-state index contributed by atoms with van der Waals surface area (Å²) in [7, 11) is 0. The van der Waals surface area contributed by atoms with Gasteiger partial charge in [-0.05, 0) is 18.6 Å². The number of halogens is 2. The van der Waals surface area contributed by atoms with Crippen molar-refractivity contribution in [3.05, 3.63) is 28.5 Å². The Morgan fingerprint density at radius 1 is 1.53 bits per heavy atom. The van der Waals surface area contributed by atoms with Gasteiger partial charge in [0.25, 0.3) is 0 Å². The zero-order chi connectivity index (χ0) is 11.0. The van der Waals surface area contributed by atoms with Gasteiger partial charge in [-0.3, -0.25) is 0 Å². The maximum absolute atomic E-state index is 13.1. The molecule has 2 atom stereocenters. The minimum Gasteiger partial charge on any atom is -0.487 e. The molecule has 1 aliphatic rings. The molecule has 0 aliphatic carbocycles. The van der Waals surface area contributed by atoms with E-state index in [1.165, 1.54) is 12.1 Å². The second kappa shape index (κ2) is 3.99. The van der Waals surface area contributed by atoms with Gasteiger partial charge in [-0.25, -0.2) is 4.39 Å². The molecule has 2 rings (SSSR count). The molecule has 4 heteroatoms. The molecule has 2 nitrogen and oxygen atoms in total. The molecule has 0 saturated heterocycles. The Morgan fingerprint density at radius 3 is 2.93 bits per heavy atom. The molecule has 2 unspecified atom stereocenters. The Balaban J connectivity index is 2.36. The van der Waals surface area contributed by atoms with Gasteiger partial charge in [-0.2, -0.15) is 0 Å². The Hall–Kier alpha value is -0.800. The van der Waals surface area contributed by atoms with Crippen LogP contribution in [0.3, 0.4) is 0 Å². The highest BCUT2D eigenvalue weighted by molar-refractivity contribution is 6.32. The number of hydrogen-bond acceptors (Lipinski definition) is 2. The van der Waals surface area contributed by atoms with Crippen molar-refractivity contribution in [3.8, 4) is 5.75 Å². The van der Waals surface area contributed by atoms with E-state index in [2.05, 4.69) is 6.92 Å². The van der Waals surface area contributed by atoms with E-state index in [1.54, 1.807) is 0 Å². The smallest absolute Gasteiger partial charge is 0.143 e. The lowest BCUT2D eigenvalue weighted by Crippen LogP contribution is -2.24. The quantitative estimate of drug-likeness (QED) is 0.846. The Kier molecular flexibility index (Phi) is 2.85. The van der Waals surface area contributed by atoms with Crippen LogP contribution in [-0.2, 0) is 0 Å². The zero-order valence-electron chi connectivity index (χ0n) is 8.47. The lowest BCUT2D eigenvalue weighted by Gasteiger charge is -2.13. The third kappa shape index (κ3) is 1.82. The standard InChI is InChI=1S/C11H13ClFNO/c1-2-3-9-10(14)7-4-6(13)5-8(12)11(7)15-9/h4-5,9-10H,2-3,14H2,1H3. The Bertz CT molecular complexity index is 383. The fraction of sp³-hybridized carbons (Fsp3) is 0.455. The van der Waals surface area contributed by atoms with Crippen molar-refractivity contribution in [2.75, 3.05) is 0 Å². The molecule has 0 saturated carbocycles. The van der Waals surface area contributed by atoms with Gasteiger partial charge in [0.15, 0.2) is 0 Å². The summed E-state index contributed by atoms with van der Waals surface area (Å²) in [6.45, 7) is 2.06. The fourth-order valence-electron chi connectivity index (χ4n) is 1.90. The highest BCUT2D eigenvalue weighted by Crippen LogP contribution is 2.42. The van der Waals surface area contributed by atoms with E-state index >= 15 is 0 Å². The van der Waals surface area contributed by atoms with Crippen molar-refractivity contribution in [2.24, 2.45) is 5.73 Å². The van der Waals surface area contributed by atoms with Gasteiger partial charge >= 0.3 is 0 Å². The fourth-order valence-corrected chi connectivity index (χ4v) is 2.16. The molecule has 1 aliphatic heterocycles. The minimum atomic E-state index is -0.366. The first-order valence-electron chi connectivity index (χ1n) is 5.04. The summed E-state index contributed by atoms with van der Waals surface area (Å²) in [4.78, 5) is 0. The second-order valence-electron chi connectivity index (χ2n) is 3.78. The molecular weight excluding hydrogens is 217 g/mol. The van der Waals surface area contributed by atoms with Crippen LogP contribution in [0.15, 0.2) is 12.1 Å². The molecule has 15 heavy (non-hydrogen) atoms. The van der Waals surface area contributed by atoms with E-state index < -0.39 is 0 Å². The van der Waals surface area contributed by atoms with Gasteiger partial charge in [0.2, 0.25) is 0 Å². The lowest BCUT2D eigenvalue weighted by atomic mass is 10.0. The molecule has 0 spiro atoms. The molecule has 0 amide bonds. The molecular formula is C11H13ClFNO. The van der Waals surface area contributed by atoms with Crippen LogP contribution < -0.4 is 10.5 Å². The number of rotatable bonds is 2. The van der Waals surface area contributed by atoms with E-state index in [-0.39, 0.29) is 18.0 Å². The summed E-state index contributed by atoms with van der Waals surface area (Å²) in [5.74, 6) is 0.180. The number of ether oxygens (including phenoxy) is 1. The predicted molar refractivity (Wildman–Crippen MR) is 57.7 cm³/mol. The summed E-state index contributed by atoms with van der Waals surface area (Å²) >= 11 is 5.89. The van der Waals surface area contributed by atoms with Crippen LogP contribution in [0.4, 0.5) is 4.39 Å².